The van der Waals surface area contributed by atoms with E-state index in [1.807, 2.05) is 6.26 Å². The van der Waals surface area contributed by atoms with Crippen LogP contribution in [0.2, 0.25) is 0 Å². The smallest absolute Gasteiger partial charge is 0.408 e. The Kier molecular flexibility index (Phi) is 12.8. The average Bonchev–Trinajstić information content (AvgIpc) is 2.81. The number of alkyl carbamates (subject to hydrolysis) is 1. The van der Waals surface area contributed by atoms with Crippen LogP contribution in [0.5, 0.6) is 0 Å². The minimum atomic E-state index is -1.15. The Morgan fingerprint density at radius 3 is 2.43 bits per heavy atom. The Bertz CT molecular complexity index is 943. The summed E-state index contributed by atoms with van der Waals surface area (Å²) in [6.45, 7) is 7.71. The fourth-order valence-electron chi connectivity index (χ4n) is 3.32. The van der Waals surface area contributed by atoms with Crippen LogP contribution >= 0.6 is 11.8 Å². The summed E-state index contributed by atoms with van der Waals surface area (Å²) in [6, 6.07) is 7.09. The number of terminal acetylenes is 2. The zero-order valence-electron chi connectivity index (χ0n) is 21.3. The SMILES string of the molecule is C#Cc1ccccc1C(C(=O)NCCCCC)N(C#C)C(=O)C(CCSC)NC(=O)OC(C)(C)C. The lowest BCUT2D eigenvalue weighted by atomic mass is 9.97. The number of rotatable bonds is 12. The number of unbranched alkanes of at least 4 members (excludes halogenated alkanes) is 2. The van der Waals surface area contributed by atoms with Crippen molar-refractivity contribution in [3.8, 4) is 24.8 Å². The number of amides is 3. The normalized spacial score (nSPS) is 12.4. The predicted octanol–water partition coefficient (Wildman–Crippen LogP) is 4.08. The maximum absolute atomic E-state index is 13.6. The van der Waals surface area contributed by atoms with E-state index >= 15 is 0 Å². The molecule has 1 aromatic carbocycles. The Morgan fingerprint density at radius 1 is 1.17 bits per heavy atom. The highest BCUT2D eigenvalue weighted by atomic mass is 32.2. The van der Waals surface area contributed by atoms with Gasteiger partial charge in [0.1, 0.15) is 17.7 Å². The van der Waals surface area contributed by atoms with Crippen LogP contribution in [-0.2, 0) is 14.3 Å². The minimum Gasteiger partial charge on any atom is -0.444 e. The lowest BCUT2D eigenvalue weighted by Crippen LogP contribution is -2.51. The third-order valence-electron chi connectivity index (χ3n) is 4.97. The second-order valence-electron chi connectivity index (χ2n) is 8.95. The molecule has 2 atom stereocenters. The zero-order chi connectivity index (χ0) is 26.4. The van der Waals surface area contributed by atoms with Gasteiger partial charge in [0.05, 0.1) is 0 Å². The molecule has 7 nitrogen and oxygen atoms in total. The first kappa shape index (κ1) is 29.9. The summed E-state index contributed by atoms with van der Waals surface area (Å²) in [4.78, 5) is 40.5. The fraction of sp³-hybridized carbons (Fsp3) is 0.519. The van der Waals surface area contributed by atoms with E-state index in [1.54, 1.807) is 45.0 Å². The molecule has 0 bridgehead atoms. The number of carbonyl (C=O) groups excluding carboxylic acids is 3. The third kappa shape index (κ3) is 9.96. The van der Waals surface area contributed by atoms with Gasteiger partial charge in [-0.2, -0.15) is 11.8 Å². The molecule has 0 saturated carbocycles. The first-order valence-corrected chi connectivity index (χ1v) is 13.1. The molecule has 0 saturated heterocycles. The Balaban J connectivity index is 3.35. The number of hydrogen-bond donors (Lipinski definition) is 2. The van der Waals surface area contributed by atoms with Crippen LogP contribution in [0.3, 0.4) is 0 Å². The first-order valence-electron chi connectivity index (χ1n) is 11.7. The summed E-state index contributed by atoms with van der Waals surface area (Å²) in [5, 5.41) is 5.50. The molecule has 0 spiro atoms. The van der Waals surface area contributed by atoms with Crippen molar-refractivity contribution in [2.45, 2.75) is 71.1 Å². The van der Waals surface area contributed by atoms with Crippen LogP contribution in [0.4, 0.5) is 4.79 Å². The van der Waals surface area contributed by atoms with Gasteiger partial charge in [0.25, 0.3) is 5.91 Å². The van der Waals surface area contributed by atoms with E-state index in [4.69, 9.17) is 17.6 Å². The third-order valence-corrected chi connectivity index (χ3v) is 5.62. The van der Waals surface area contributed by atoms with Gasteiger partial charge < -0.3 is 15.4 Å². The average molecular weight is 500 g/mol. The van der Waals surface area contributed by atoms with Gasteiger partial charge in [-0.05, 0) is 51.7 Å². The number of carbonyl (C=O) groups is 3. The van der Waals surface area contributed by atoms with Crippen LogP contribution in [0, 0.1) is 24.8 Å². The first-order chi connectivity index (χ1) is 16.6. The lowest BCUT2D eigenvalue weighted by Gasteiger charge is -2.31. The maximum atomic E-state index is 13.6. The molecule has 190 valence electrons. The van der Waals surface area contributed by atoms with Crippen molar-refractivity contribution in [2.75, 3.05) is 18.6 Å². The van der Waals surface area contributed by atoms with Crippen molar-refractivity contribution in [1.29, 1.82) is 0 Å². The van der Waals surface area contributed by atoms with Gasteiger partial charge in [0.2, 0.25) is 5.91 Å². The molecule has 2 unspecified atom stereocenters. The molecule has 8 heteroatoms. The minimum absolute atomic E-state index is 0.305. The Morgan fingerprint density at radius 2 is 1.86 bits per heavy atom. The van der Waals surface area contributed by atoms with Crippen molar-refractivity contribution in [3.63, 3.8) is 0 Å². The molecule has 0 aliphatic carbocycles. The van der Waals surface area contributed by atoms with Crippen molar-refractivity contribution in [3.05, 3.63) is 35.4 Å². The second-order valence-corrected chi connectivity index (χ2v) is 9.94. The van der Waals surface area contributed by atoms with Gasteiger partial charge >= 0.3 is 6.09 Å². The predicted molar refractivity (Wildman–Crippen MR) is 141 cm³/mol. The molecule has 0 aliphatic rings. The Labute approximate surface area is 214 Å². The van der Waals surface area contributed by atoms with Gasteiger partial charge in [0, 0.05) is 23.7 Å². The van der Waals surface area contributed by atoms with Gasteiger partial charge in [-0.25, -0.2) is 4.79 Å². The summed E-state index contributed by atoms with van der Waals surface area (Å²) in [7, 11) is 0. The summed E-state index contributed by atoms with van der Waals surface area (Å²) in [5.41, 5.74) is 0.153. The number of nitrogens with one attached hydrogen (secondary N) is 2. The van der Waals surface area contributed by atoms with Crippen molar-refractivity contribution in [1.82, 2.24) is 15.5 Å². The van der Waals surface area contributed by atoms with Gasteiger partial charge in [0.15, 0.2) is 0 Å². The lowest BCUT2D eigenvalue weighted by molar-refractivity contribution is -0.138. The van der Waals surface area contributed by atoms with Gasteiger partial charge in [-0.15, -0.1) is 6.42 Å². The number of nitrogens with zero attached hydrogens (tertiary/aromatic N) is 1. The number of ether oxygens (including phenoxy) is 1. The van der Waals surface area contributed by atoms with Crippen molar-refractivity contribution >= 4 is 29.7 Å². The fourth-order valence-corrected chi connectivity index (χ4v) is 3.80. The molecule has 35 heavy (non-hydrogen) atoms. The summed E-state index contributed by atoms with van der Waals surface area (Å²) >= 11 is 1.52. The quantitative estimate of drug-likeness (QED) is 0.257. The van der Waals surface area contributed by atoms with Crippen molar-refractivity contribution in [2.24, 2.45) is 0 Å². The van der Waals surface area contributed by atoms with Crippen LogP contribution in [0.25, 0.3) is 0 Å². The maximum Gasteiger partial charge on any atom is 0.408 e. The van der Waals surface area contributed by atoms with E-state index in [1.165, 1.54) is 11.8 Å². The summed E-state index contributed by atoms with van der Waals surface area (Å²) in [6.07, 6.45) is 15.7. The summed E-state index contributed by atoms with van der Waals surface area (Å²) < 4.78 is 5.33. The van der Waals surface area contributed by atoms with E-state index in [2.05, 4.69) is 29.5 Å². The standard InChI is InChI=1S/C27H37N3O4S/c1-8-11-14-18-28-24(31)23(21-16-13-12-15-20(21)9-2)30(10-3)25(32)22(17-19-35-7)29-26(33)34-27(4,5)6/h2-3,12-13,15-16,22-23H,8,11,14,17-19H2,1,4-7H3,(H,28,31)(H,29,33). The zero-order valence-corrected chi connectivity index (χ0v) is 22.2. The molecular weight excluding hydrogens is 462 g/mol. The van der Waals surface area contributed by atoms with E-state index in [9.17, 15) is 14.4 Å². The van der Waals surface area contributed by atoms with Gasteiger partial charge in [-0.3, -0.25) is 14.5 Å². The molecule has 0 fully saturated rings. The highest BCUT2D eigenvalue weighted by Gasteiger charge is 2.36. The number of thioether (sulfide) groups is 1. The molecular formula is C27H37N3O4S. The topological polar surface area (TPSA) is 87.7 Å². The number of hydrogen-bond acceptors (Lipinski definition) is 5. The second kappa shape index (κ2) is 15.0. The van der Waals surface area contributed by atoms with E-state index in [0.717, 1.165) is 24.2 Å². The van der Waals surface area contributed by atoms with E-state index in [-0.39, 0.29) is 0 Å². The molecule has 0 aromatic heterocycles. The van der Waals surface area contributed by atoms with E-state index < -0.39 is 35.6 Å². The van der Waals surface area contributed by atoms with Crippen LogP contribution in [0.15, 0.2) is 24.3 Å². The number of benzene rings is 1. The Hall–Kier alpha value is -3.10. The summed E-state index contributed by atoms with van der Waals surface area (Å²) in [5.74, 6) is 2.13. The molecule has 0 aliphatic heterocycles. The van der Waals surface area contributed by atoms with Crippen molar-refractivity contribution < 1.29 is 19.1 Å². The highest BCUT2D eigenvalue weighted by Crippen LogP contribution is 2.25. The van der Waals surface area contributed by atoms with E-state index in [0.29, 0.717) is 29.8 Å². The molecule has 3 amide bonds. The largest absolute Gasteiger partial charge is 0.444 e. The molecule has 0 heterocycles. The molecule has 0 radical (unpaired) electrons. The van der Waals surface area contributed by atoms with Crippen LogP contribution < -0.4 is 10.6 Å². The monoisotopic (exact) mass is 499 g/mol. The molecule has 2 N–H and O–H groups in total. The van der Waals surface area contributed by atoms with Gasteiger partial charge in [-0.1, -0.05) is 50.3 Å². The van der Waals surface area contributed by atoms with Crippen LogP contribution in [0.1, 0.15) is 70.5 Å². The van der Waals surface area contributed by atoms with Crippen LogP contribution in [-0.4, -0.2) is 53.0 Å². The molecule has 1 aromatic rings. The highest BCUT2D eigenvalue weighted by molar-refractivity contribution is 7.98. The molecule has 1 rings (SSSR count).